The molecule has 3 nitrogen and oxygen atoms in total. The van der Waals surface area contributed by atoms with E-state index < -0.39 is 0 Å². The molecule has 1 saturated heterocycles. The van der Waals surface area contributed by atoms with Gasteiger partial charge in [0.15, 0.2) is 0 Å². The number of ether oxygens (including phenoxy) is 1. The van der Waals surface area contributed by atoms with Crippen LogP contribution in [0.1, 0.15) is 12.8 Å². The minimum atomic E-state index is 0.413. The third-order valence-electron chi connectivity index (χ3n) is 4.55. The molecule has 2 N–H and O–H groups in total. The van der Waals surface area contributed by atoms with Gasteiger partial charge in [-0.25, -0.2) is 0 Å². The molecule has 110 valence electrons. The summed E-state index contributed by atoms with van der Waals surface area (Å²) in [6, 6.07) is 6.02. The van der Waals surface area contributed by atoms with Crippen molar-refractivity contribution < 1.29 is 4.74 Å². The van der Waals surface area contributed by atoms with Gasteiger partial charge in [0.05, 0.1) is 4.47 Å². The standard InChI is InChI=1S/C15H20BrClN2O/c16-13-7-11(17)2-4-15(13)20-6-5-19-8-10-1-3-14(18)12(10)9-19/h2,4,7,10,12,14H,1,3,5-6,8-9,18H2. The lowest BCUT2D eigenvalue weighted by Crippen LogP contribution is -2.32. The van der Waals surface area contributed by atoms with E-state index in [-0.39, 0.29) is 0 Å². The molecule has 1 heterocycles. The molecular weight excluding hydrogens is 340 g/mol. The summed E-state index contributed by atoms with van der Waals surface area (Å²) in [5.74, 6) is 2.37. The molecule has 0 radical (unpaired) electrons. The first-order valence-corrected chi connectivity index (χ1v) is 8.36. The summed E-state index contributed by atoms with van der Waals surface area (Å²) >= 11 is 9.39. The first kappa shape index (κ1) is 14.6. The summed E-state index contributed by atoms with van der Waals surface area (Å²) in [6.45, 7) is 3.99. The first-order valence-electron chi connectivity index (χ1n) is 7.19. The Bertz CT molecular complexity index is 485. The van der Waals surface area contributed by atoms with Crippen LogP contribution in [0.15, 0.2) is 22.7 Å². The van der Waals surface area contributed by atoms with Gasteiger partial charge in [0, 0.05) is 30.7 Å². The van der Waals surface area contributed by atoms with Crippen molar-refractivity contribution in [1.29, 1.82) is 0 Å². The van der Waals surface area contributed by atoms with E-state index in [1.54, 1.807) is 0 Å². The Morgan fingerprint density at radius 1 is 1.35 bits per heavy atom. The zero-order chi connectivity index (χ0) is 14.1. The van der Waals surface area contributed by atoms with Crippen molar-refractivity contribution in [2.24, 2.45) is 17.6 Å². The minimum absolute atomic E-state index is 0.413. The highest BCUT2D eigenvalue weighted by Crippen LogP contribution is 2.37. The molecule has 5 heteroatoms. The van der Waals surface area contributed by atoms with E-state index in [0.29, 0.717) is 23.6 Å². The highest BCUT2D eigenvalue weighted by Gasteiger charge is 2.40. The van der Waals surface area contributed by atoms with Crippen LogP contribution in [0.5, 0.6) is 5.75 Å². The van der Waals surface area contributed by atoms with Crippen LogP contribution in [0.25, 0.3) is 0 Å². The summed E-state index contributed by atoms with van der Waals surface area (Å²) in [7, 11) is 0. The van der Waals surface area contributed by atoms with E-state index in [2.05, 4.69) is 20.8 Å². The van der Waals surface area contributed by atoms with Gasteiger partial charge in [-0.1, -0.05) is 11.6 Å². The lowest BCUT2D eigenvalue weighted by atomic mass is 9.98. The molecule has 1 aliphatic heterocycles. The third-order valence-corrected chi connectivity index (χ3v) is 5.40. The average molecular weight is 360 g/mol. The number of halogens is 2. The van der Waals surface area contributed by atoms with Gasteiger partial charge in [-0.2, -0.15) is 0 Å². The molecule has 1 aliphatic carbocycles. The Labute approximate surface area is 133 Å². The van der Waals surface area contributed by atoms with E-state index in [9.17, 15) is 0 Å². The van der Waals surface area contributed by atoms with Gasteiger partial charge in [-0.3, -0.25) is 4.90 Å². The van der Waals surface area contributed by atoms with E-state index in [0.717, 1.165) is 29.2 Å². The van der Waals surface area contributed by atoms with Gasteiger partial charge in [0.2, 0.25) is 0 Å². The van der Waals surface area contributed by atoms with Crippen LogP contribution in [0, 0.1) is 11.8 Å². The Kier molecular flexibility index (Phi) is 4.55. The maximum atomic E-state index is 6.16. The van der Waals surface area contributed by atoms with Gasteiger partial charge in [0.1, 0.15) is 12.4 Å². The summed E-state index contributed by atoms with van der Waals surface area (Å²) < 4.78 is 6.73. The average Bonchev–Trinajstić information content (AvgIpc) is 2.95. The maximum Gasteiger partial charge on any atom is 0.133 e. The smallest absolute Gasteiger partial charge is 0.133 e. The van der Waals surface area contributed by atoms with Crippen molar-refractivity contribution in [2.45, 2.75) is 18.9 Å². The number of nitrogens with two attached hydrogens (primary N) is 1. The Morgan fingerprint density at radius 2 is 2.20 bits per heavy atom. The lowest BCUT2D eigenvalue weighted by Gasteiger charge is -2.18. The molecule has 0 aromatic heterocycles. The molecule has 0 amide bonds. The molecule has 1 saturated carbocycles. The molecular formula is C15H20BrClN2O. The van der Waals surface area contributed by atoms with E-state index >= 15 is 0 Å². The number of nitrogens with zero attached hydrogens (tertiary/aromatic N) is 1. The third kappa shape index (κ3) is 3.14. The molecule has 1 aromatic rings. The molecule has 1 aromatic carbocycles. The molecule has 0 bridgehead atoms. The van der Waals surface area contributed by atoms with Crippen LogP contribution < -0.4 is 10.5 Å². The number of hydrogen-bond donors (Lipinski definition) is 1. The number of fused-ring (bicyclic) bond motifs is 1. The van der Waals surface area contributed by atoms with Crippen LogP contribution >= 0.6 is 27.5 Å². The highest BCUT2D eigenvalue weighted by molar-refractivity contribution is 9.10. The summed E-state index contributed by atoms with van der Waals surface area (Å²) in [6.07, 6.45) is 2.50. The number of likely N-dealkylation sites (tertiary alicyclic amines) is 1. The number of hydrogen-bond acceptors (Lipinski definition) is 3. The predicted molar refractivity (Wildman–Crippen MR) is 85.3 cm³/mol. The van der Waals surface area contributed by atoms with Crippen molar-refractivity contribution in [3.63, 3.8) is 0 Å². The molecule has 3 unspecified atom stereocenters. The van der Waals surface area contributed by atoms with Gasteiger partial charge < -0.3 is 10.5 Å². The lowest BCUT2D eigenvalue weighted by molar-refractivity contribution is 0.225. The van der Waals surface area contributed by atoms with Crippen molar-refractivity contribution in [3.05, 3.63) is 27.7 Å². The molecule has 3 rings (SSSR count). The minimum Gasteiger partial charge on any atom is -0.491 e. The van der Waals surface area contributed by atoms with Crippen molar-refractivity contribution in [1.82, 2.24) is 4.90 Å². The highest BCUT2D eigenvalue weighted by atomic mass is 79.9. The molecule has 3 atom stereocenters. The summed E-state index contributed by atoms with van der Waals surface area (Å²) in [5.41, 5.74) is 6.16. The predicted octanol–water partition coefficient (Wildman–Crippen LogP) is 3.15. The Balaban J connectivity index is 1.47. The van der Waals surface area contributed by atoms with E-state index in [1.807, 2.05) is 18.2 Å². The molecule has 20 heavy (non-hydrogen) atoms. The summed E-state index contributed by atoms with van der Waals surface area (Å²) in [5, 5.41) is 0.714. The molecule has 2 aliphatic rings. The van der Waals surface area contributed by atoms with Crippen molar-refractivity contribution in [2.75, 3.05) is 26.2 Å². The second kappa shape index (κ2) is 6.22. The second-order valence-electron chi connectivity index (χ2n) is 5.85. The topological polar surface area (TPSA) is 38.5 Å². The Morgan fingerprint density at radius 3 is 2.95 bits per heavy atom. The molecule has 0 spiro atoms. The van der Waals surface area contributed by atoms with Crippen LogP contribution in [0.2, 0.25) is 5.02 Å². The summed E-state index contributed by atoms with van der Waals surface area (Å²) in [4.78, 5) is 2.48. The SMILES string of the molecule is NC1CCC2CN(CCOc3ccc(Cl)cc3Br)CC12. The molecule has 2 fully saturated rings. The van der Waals surface area contributed by atoms with Crippen LogP contribution in [-0.2, 0) is 0 Å². The van der Waals surface area contributed by atoms with Gasteiger partial charge in [0.25, 0.3) is 0 Å². The van der Waals surface area contributed by atoms with E-state index in [1.165, 1.54) is 19.4 Å². The number of rotatable bonds is 4. The monoisotopic (exact) mass is 358 g/mol. The van der Waals surface area contributed by atoms with Crippen molar-refractivity contribution in [3.8, 4) is 5.75 Å². The number of benzene rings is 1. The zero-order valence-corrected chi connectivity index (χ0v) is 13.7. The van der Waals surface area contributed by atoms with Gasteiger partial charge >= 0.3 is 0 Å². The quantitative estimate of drug-likeness (QED) is 0.897. The van der Waals surface area contributed by atoms with Crippen LogP contribution in [-0.4, -0.2) is 37.2 Å². The largest absolute Gasteiger partial charge is 0.491 e. The Hall–Kier alpha value is -0.290. The maximum absolute atomic E-state index is 6.16. The fourth-order valence-corrected chi connectivity index (χ4v) is 4.26. The first-order chi connectivity index (χ1) is 9.63. The van der Waals surface area contributed by atoms with E-state index in [4.69, 9.17) is 22.1 Å². The van der Waals surface area contributed by atoms with Gasteiger partial charge in [-0.15, -0.1) is 0 Å². The fraction of sp³-hybridized carbons (Fsp3) is 0.600. The van der Waals surface area contributed by atoms with Crippen molar-refractivity contribution >= 4 is 27.5 Å². The fourth-order valence-electron chi connectivity index (χ4n) is 3.46. The van der Waals surface area contributed by atoms with Gasteiger partial charge in [-0.05, 0) is 58.8 Å². The zero-order valence-electron chi connectivity index (χ0n) is 11.4. The second-order valence-corrected chi connectivity index (χ2v) is 7.14. The van der Waals surface area contributed by atoms with Crippen LogP contribution in [0.3, 0.4) is 0 Å². The van der Waals surface area contributed by atoms with Crippen LogP contribution in [0.4, 0.5) is 0 Å². The normalized spacial score (nSPS) is 29.6.